The molecule has 1 unspecified atom stereocenters. The van der Waals surface area contributed by atoms with E-state index in [1.54, 1.807) is 19.9 Å². The highest BCUT2D eigenvalue weighted by Gasteiger charge is 2.39. The highest BCUT2D eigenvalue weighted by atomic mass is 31.2. The molecule has 1 atom stereocenters. The maximum Gasteiger partial charge on any atom is 0.375 e. The van der Waals surface area contributed by atoms with Crippen molar-refractivity contribution >= 4 is 30.0 Å². The molecule has 10 heteroatoms. The van der Waals surface area contributed by atoms with Crippen LogP contribution in [0.25, 0.3) is 10.8 Å². The monoisotopic (exact) mass is 552 g/mol. The molecule has 1 fully saturated rings. The quantitative estimate of drug-likeness (QED) is 0.144. The Kier molecular flexibility index (Phi) is 9.28. The minimum atomic E-state index is -3.71. The predicted molar refractivity (Wildman–Crippen MR) is 154 cm³/mol. The van der Waals surface area contributed by atoms with Gasteiger partial charge in [-0.3, -0.25) is 15.4 Å². The SMILES string of the molecule is CCOP(=O)(OCC)C(Oc1ccc2ccc(C(=N)N)cc2c1)c1ccc(OC2CCN(C(C)=N)CC2)cc1. The Balaban J connectivity index is 1.59. The number of hydrogen-bond donors (Lipinski definition) is 3. The van der Waals surface area contributed by atoms with Gasteiger partial charge >= 0.3 is 7.60 Å². The van der Waals surface area contributed by atoms with Gasteiger partial charge in [0.15, 0.2) is 0 Å². The van der Waals surface area contributed by atoms with Gasteiger partial charge in [-0.1, -0.05) is 30.3 Å². The first kappa shape index (κ1) is 28.6. The summed E-state index contributed by atoms with van der Waals surface area (Å²) < 4.78 is 37.9. The zero-order valence-electron chi connectivity index (χ0n) is 22.7. The molecule has 0 aromatic heterocycles. The molecule has 3 aromatic carbocycles. The number of rotatable bonds is 11. The fourth-order valence-corrected chi connectivity index (χ4v) is 6.51. The molecule has 3 aromatic rings. The molecule has 1 heterocycles. The van der Waals surface area contributed by atoms with E-state index in [-0.39, 0.29) is 25.2 Å². The van der Waals surface area contributed by atoms with Gasteiger partial charge in [-0.2, -0.15) is 0 Å². The Hall–Kier alpha value is -3.39. The van der Waals surface area contributed by atoms with Crippen LogP contribution in [0.1, 0.15) is 50.6 Å². The van der Waals surface area contributed by atoms with Crippen molar-refractivity contribution in [2.24, 2.45) is 5.73 Å². The van der Waals surface area contributed by atoms with E-state index < -0.39 is 13.4 Å². The van der Waals surface area contributed by atoms with Crippen LogP contribution in [-0.4, -0.2) is 49.0 Å². The highest BCUT2D eigenvalue weighted by molar-refractivity contribution is 7.54. The lowest BCUT2D eigenvalue weighted by Gasteiger charge is -2.33. The van der Waals surface area contributed by atoms with E-state index in [0.717, 1.165) is 36.7 Å². The van der Waals surface area contributed by atoms with E-state index in [1.165, 1.54) is 0 Å². The number of nitrogens with one attached hydrogen (secondary N) is 2. The van der Waals surface area contributed by atoms with Crippen molar-refractivity contribution in [3.63, 3.8) is 0 Å². The summed E-state index contributed by atoms with van der Waals surface area (Å²) in [4.78, 5) is 2.05. The van der Waals surface area contributed by atoms with Crippen LogP contribution in [0.15, 0.2) is 60.7 Å². The van der Waals surface area contributed by atoms with Gasteiger partial charge in [0.05, 0.1) is 19.0 Å². The van der Waals surface area contributed by atoms with Gasteiger partial charge in [-0.05, 0) is 61.9 Å². The molecule has 0 bridgehead atoms. The number of benzene rings is 3. The molecular formula is C29H37N4O5P. The first-order valence-corrected chi connectivity index (χ1v) is 14.8. The van der Waals surface area contributed by atoms with Crippen molar-refractivity contribution in [3.8, 4) is 11.5 Å². The predicted octanol–water partition coefficient (Wildman–Crippen LogP) is 6.31. The number of ether oxygens (including phenoxy) is 2. The number of likely N-dealkylation sites (tertiary alicyclic amines) is 1. The maximum absolute atomic E-state index is 13.9. The third-order valence-electron chi connectivity index (χ3n) is 6.66. The first-order valence-electron chi connectivity index (χ1n) is 13.2. The summed E-state index contributed by atoms with van der Waals surface area (Å²) in [7, 11) is -3.71. The molecule has 0 amide bonds. The number of hydrogen-bond acceptors (Lipinski definition) is 7. The molecule has 1 aliphatic heterocycles. The van der Waals surface area contributed by atoms with Crippen molar-refractivity contribution in [3.05, 3.63) is 71.8 Å². The maximum atomic E-state index is 13.9. The van der Waals surface area contributed by atoms with Gasteiger partial charge < -0.3 is 29.2 Å². The molecule has 1 aliphatic rings. The number of nitrogens with two attached hydrogens (primary N) is 1. The van der Waals surface area contributed by atoms with Crippen molar-refractivity contribution < 1.29 is 23.1 Å². The van der Waals surface area contributed by atoms with Crippen molar-refractivity contribution in [2.75, 3.05) is 26.3 Å². The van der Waals surface area contributed by atoms with Gasteiger partial charge in [0.2, 0.25) is 5.85 Å². The summed E-state index contributed by atoms with van der Waals surface area (Å²) in [6.07, 6.45) is 1.77. The summed E-state index contributed by atoms with van der Waals surface area (Å²) in [6.45, 7) is 7.36. The van der Waals surface area contributed by atoms with Gasteiger partial charge in [-0.15, -0.1) is 0 Å². The van der Waals surface area contributed by atoms with Gasteiger partial charge in [0.1, 0.15) is 23.4 Å². The third kappa shape index (κ3) is 6.98. The fourth-order valence-electron chi connectivity index (χ4n) is 4.65. The third-order valence-corrected chi connectivity index (χ3v) is 8.87. The topological polar surface area (TPSA) is 131 Å². The highest BCUT2D eigenvalue weighted by Crippen LogP contribution is 2.61. The van der Waals surface area contributed by atoms with Crippen LogP contribution >= 0.6 is 7.60 Å². The minimum absolute atomic E-state index is 0.0176. The summed E-state index contributed by atoms with van der Waals surface area (Å²) in [5.41, 5.74) is 6.92. The number of nitrogen functional groups attached to an aromatic ring is 1. The van der Waals surface area contributed by atoms with Crippen LogP contribution in [0, 0.1) is 10.8 Å². The van der Waals surface area contributed by atoms with Crippen LogP contribution in [0.4, 0.5) is 0 Å². The van der Waals surface area contributed by atoms with E-state index >= 15 is 0 Å². The number of nitrogens with zero attached hydrogens (tertiary/aromatic N) is 1. The second kappa shape index (κ2) is 12.6. The molecule has 39 heavy (non-hydrogen) atoms. The first-order chi connectivity index (χ1) is 18.7. The molecule has 4 N–H and O–H groups in total. The van der Waals surface area contributed by atoms with Crippen LogP contribution in [-0.2, 0) is 13.6 Å². The Morgan fingerprint density at radius 1 is 0.949 bits per heavy atom. The lowest BCUT2D eigenvalue weighted by Crippen LogP contribution is -2.40. The number of amidine groups is 2. The van der Waals surface area contributed by atoms with Crippen LogP contribution in [0.5, 0.6) is 11.5 Å². The average Bonchev–Trinajstić information content (AvgIpc) is 2.92. The van der Waals surface area contributed by atoms with Crippen LogP contribution in [0.2, 0.25) is 0 Å². The van der Waals surface area contributed by atoms with Crippen LogP contribution in [0.3, 0.4) is 0 Å². The van der Waals surface area contributed by atoms with E-state index in [9.17, 15) is 4.57 Å². The molecule has 0 saturated carbocycles. The molecule has 208 valence electrons. The summed E-state index contributed by atoms with van der Waals surface area (Å²) >= 11 is 0. The van der Waals surface area contributed by atoms with Crippen LogP contribution < -0.4 is 15.2 Å². The Labute approximate surface area is 229 Å². The van der Waals surface area contributed by atoms with Crippen molar-refractivity contribution in [1.82, 2.24) is 4.90 Å². The van der Waals surface area contributed by atoms with E-state index in [0.29, 0.717) is 28.5 Å². The Bertz CT molecular complexity index is 1350. The van der Waals surface area contributed by atoms with Crippen molar-refractivity contribution in [2.45, 2.75) is 45.6 Å². The smallest absolute Gasteiger partial charge is 0.375 e. The number of piperidine rings is 1. The second-order valence-corrected chi connectivity index (χ2v) is 11.5. The molecule has 0 spiro atoms. The minimum Gasteiger partial charge on any atom is -0.490 e. The molecule has 0 radical (unpaired) electrons. The van der Waals surface area contributed by atoms with Crippen molar-refractivity contribution in [1.29, 1.82) is 10.8 Å². The van der Waals surface area contributed by atoms with Gasteiger partial charge in [0.25, 0.3) is 0 Å². The standard InChI is InChI=1S/C29H37N4O5P/c1-4-35-39(34,36-5-2)29(38-27-13-8-21-6-7-23(28(31)32)18-24(21)19-27)22-9-11-25(12-10-22)37-26-14-16-33(17-15-26)20(3)30/h6-13,18-19,26,29-30H,4-5,14-17H2,1-3H3,(H3,31,32). The molecule has 9 nitrogen and oxygen atoms in total. The lowest BCUT2D eigenvalue weighted by molar-refractivity contribution is 0.130. The summed E-state index contributed by atoms with van der Waals surface area (Å²) in [5, 5.41) is 17.4. The normalized spacial score (nSPS) is 15.2. The van der Waals surface area contributed by atoms with E-state index in [2.05, 4.69) is 4.90 Å². The van der Waals surface area contributed by atoms with Gasteiger partial charge in [-0.25, -0.2) is 0 Å². The lowest BCUT2D eigenvalue weighted by atomic mass is 10.1. The molecular weight excluding hydrogens is 515 g/mol. The molecule has 1 saturated heterocycles. The zero-order chi connectivity index (χ0) is 28.0. The van der Waals surface area contributed by atoms with E-state index in [1.807, 2.05) is 61.5 Å². The largest absolute Gasteiger partial charge is 0.490 e. The zero-order valence-corrected chi connectivity index (χ0v) is 23.6. The fraction of sp³-hybridized carbons (Fsp3) is 0.379. The summed E-state index contributed by atoms with van der Waals surface area (Å²) in [6, 6.07) is 18.4. The Morgan fingerprint density at radius 2 is 1.56 bits per heavy atom. The molecule has 0 aliphatic carbocycles. The second-order valence-electron chi connectivity index (χ2n) is 9.44. The van der Waals surface area contributed by atoms with E-state index in [4.69, 9.17) is 35.1 Å². The summed E-state index contributed by atoms with van der Waals surface area (Å²) in [5.74, 6) is 0.770. The number of fused-ring (bicyclic) bond motifs is 1. The Morgan fingerprint density at radius 3 is 2.15 bits per heavy atom. The molecule has 4 rings (SSSR count). The average molecular weight is 553 g/mol. The van der Waals surface area contributed by atoms with Gasteiger partial charge in [0, 0.05) is 37.1 Å².